The Kier molecular flexibility index (Phi) is 6.61. The van der Waals surface area contributed by atoms with Crippen molar-refractivity contribution in [2.45, 2.75) is 37.6 Å². The van der Waals surface area contributed by atoms with E-state index in [-0.39, 0.29) is 28.6 Å². The SMILES string of the molecule is COc1ccc(F)c(-c2ccc(C(=O)NS(=O)(=O)c3ccc[nH]c3=O)c(N3CCC(C)C3(C)C)n2)c1. The van der Waals surface area contributed by atoms with Crippen LogP contribution in [0.4, 0.5) is 10.2 Å². The minimum Gasteiger partial charge on any atom is -0.497 e. The van der Waals surface area contributed by atoms with E-state index in [1.807, 2.05) is 23.5 Å². The Morgan fingerprint density at radius 3 is 2.64 bits per heavy atom. The highest BCUT2D eigenvalue weighted by molar-refractivity contribution is 7.90. The zero-order valence-corrected chi connectivity index (χ0v) is 21.1. The number of nitrogens with zero attached hydrogens (tertiary/aromatic N) is 2. The molecule has 1 amide bonds. The molecule has 0 radical (unpaired) electrons. The third-order valence-corrected chi connectivity index (χ3v) is 8.17. The molecule has 9 nitrogen and oxygen atoms in total. The monoisotopic (exact) mass is 514 g/mol. The standard InChI is InChI=1S/C25H27FN4O5S/c1-15-11-13-30(25(15,2)3)22-17(23(31)29-36(33,34)21-6-5-12-27-24(21)32)8-10-20(28-22)18-14-16(35-4)7-9-19(18)26/h5-10,12,14-15H,11,13H2,1-4H3,(H,27,32)(H,29,31). The molecule has 2 N–H and O–H groups in total. The van der Waals surface area contributed by atoms with Crippen LogP contribution in [0.2, 0.25) is 0 Å². The molecule has 1 unspecified atom stereocenters. The van der Waals surface area contributed by atoms with E-state index in [1.165, 1.54) is 49.7 Å². The molecule has 1 aliphatic heterocycles. The number of pyridine rings is 2. The zero-order chi connectivity index (χ0) is 26.3. The number of sulfonamides is 1. The summed E-state index contributed by atoms with van der Waals surface area (Å²) in [5.74, 6) is -0.566. The van der Waals surface area contributed by atoms with Gasteiger partial charge in [0.05, 0.1) is 18.4 Å². The minimum absolute atomic E-state index is 0.0137. The fraction of sp³-hybridized carbons (Fsp3) is 0.320. The van der Waals surface area contributed by atoms with Gasteiger partial charge in [-0.05, 0) is 68.7 Å². The van der Waals surface area contributed by atoms with Crippen molar-refractivity contribution in [1.29, 1.82) is 0 Å². The van der Waals surface area contributed by atoms with Crippen LogP contribution < -0.4 is 19.9 Å². The van der Waals surface area contributed by atoms with Crippen LogP contribution in [0, 0.1) is 11.7 Å². The van der Waals surface area contributed by atoms with Crippen LogP contribution >= 0.6 is 0 Å². The fourth-order valence-electron chi connectivity index (χ4n) is 4.27. The van der Waals surface area contributed by atoms with E-state index < -0.39 is 37.7 Å². The van der Waals surface area contributed by atoms with E-state index in [1.54, 1.807) is 0 Å². The van der Waals surface area contributed by atoms with Crippen molar-refractivity contribution in [1.82, 2.24) is 14.7 Å². The molecule has 1 aliphatic rings. The van der Waals surface area contributed by atoms with Gasteiger partial charge in [-0.25, -0.2) is 22.5 Å². The second-order valence-electron chi connectivity index (χ2n) is 9.21. The highest BCUT2D eigenvalue weighted by atomic mass is 32.2. The number of carbonyl (C=O) groups excluding carboxylic acids is 1. The third-order valence-electron chi connectivity index (χ3n) is 6.81. The summed E-state index contributed by atoms with van der Waals surface area (Å²) in [6.45, 7) is 6.66. The van der Waals surface area contributed by atoms with Gasteiger partial charge in [-0.3, -0.25) is 9.59 Å². The molecule has 1 saturated heterocycles. The summed E-state index contributed by atoms with van der Waals surface area (Å²) in [5.41, 5.74) is -0.843. The van der Waals surface area contributed by atoms with Gasteiger partial charge in [0.15, 0.2) is 4.90 Å². The van der Waals surface area contributed by atoms with Gasteiger partial charge in [0, 0.05) is 23.8 Å². The van der Waals surface area contributed by atoms with Gasteiger partial charge in [0.2, 0.25) is 0 Å². The number of methoxy groups -OCH3 is 1. The molecule has 1 fully saturated rings. The zero-order valence-electron chi connectivity index (χ0n) is 20.3. The molecule has 3 aromatic rings. The number of hydrogen-bond acceptors (Lipinski definition) is 7. The average molecular weight is 515 g/mol. The summed E-state index contributed by atoms with van der Waals surface area (Å²) in [5, 5.41) is 0. The van der Waals surface area contributed by atoms with Crippen molar-refractivity contribution in [3.63, 3.8) is 0 Å². The highest BCUT2D eigenvalue weighted by Crippen LogP contribution is 2.39. The van der Waals surface area contributed by atoms with E-state index in [0.717, 1.165) is 12.5 Å². The number of rotatable bonds is 6. The van der Waals surface area contributed by atoms with Crippen LogP contribution in [0.5, 0.6) is 5.75 Å². The van der Waals surface area contributed by atoms with Crippen molar-refractivity contribution in [3.8, 4) is 17.0 Å². The maximum Gasteiger partial charge on any atom is 0.269 e. The Morgan fingerprint density at radius 2 is 2.00 bits per heavy atom. The predicted octanol–water partition coefficient (Wildman–Crippen LogP) is 3.33. The summed E-state index contributed by atoms with van der Waals surface area (Å²) in [4.78, 5) is 33.5. The summed E-state index contributed by atoms with van der Waals surface area (Å²) in [7, 11) is -2.99. The van der Waals surface area contributed by atoms with Gasteiger partial charge in [-0.2, -0.15) is 0 Å². The van der Waals surface area contributed by atoms with Crippen molar-refractivity contribution in [3.05, 3.63) is 70.4 Å². The number of ether oxygens (including phenoxy) is 1. The third kappa shape index (κ3) is 4.58. The Labute approximate surface area is 208 Å². The smallest absolute Gasteiger partial charge is 0.269 e. The van der Waals surface area contributed by atoms with Crippen LogP contribution in [-0.2, 0) is 10.0 Å². The van der Waals surface area contributed by atoms with Gasteiger partial charge in [-0.15, -0.1) is 0 Å². The molecular formula is C25H27FN4O5S. The van der Waals surface area contributed by atoms with Crippen molar-refractivity contribution < 1.29 is 22.3 Å². The predicted molar refractivity (Wildman–Crippen MR) is 133 cm³/mol. The lowest BCUT2D eigenvalue weighted by Gasteiger charge is -2.36. The highest BCUT2D eigenvalue weighted by Gasteiger charge is 2.41. The lowest BCUT2D eigenvalue weighted by Crippen LogP contribution is -2.44. The summed E-state index contributed by atoms with van der Waals surface area (Å²) in [6, 6.07) is 9.57. The van der Waals surface area contributed by atoms with E-state index in [4.69, 9.17) is 4.74 Å². The van der Waals surface area contributed by atoms with Crippen molar-refractivity contribution in [2.24, 2.45) is 5.92 Å². The Morgan fingerprint density at radius 1 is 1.25 bits per heavy atom. The largest absolute Gasteiger partial charge is 0.497 e. The van der Waals surface area contributed by atoms with Crippen LogP contribution in [0.15, 0.2) is 58.4 Å². The van der Waals surface area contributed by atoms with Crippen LogP contribution in [0.25, 0.3) is 11.3 Å². The number of aromatic nitrogens is 2. The topological polar surface area (TPSA) is 121 Å². The molecule has 0 saturated carbocycles. The number of benzene rings is 1. The first-order valence-electron chi connectivity index (χ1n) is 11.3. The minimum atomic E-state index is -4.46. The summed E-state index contributed by atoms with van der Waals surface area (Å²) < 4.78 is 47.5. The number of H-pyrrole nitrogens is 1. The number of hydrogen-bond donors (Lipinski definition) is 2. The first kappa shape index (κ1) is 25.4. The van der Waals surface area contributed by atoms with E-state index >= 15 is 0 Å². The molecule has 3 heterocycles. The first-order valence-corrected chi connectivity index (χ1v) is 12.8. The lowest BCUT2D eigenvalue weighted by molar-refractivity contribution is 0.0981. The Bertz CT molecular complexity index is 1490. The maximum atomic E-state index is 14.7. The molecule has 0 aliphatic carbocycles. The molecule has 36 heavy (non-hydrogen) atoms. The molecule has 1 aromatic carbocycles. The van der Waals surface area contributed by atoms with E-state index in [2.05, 4.69) is 16.9 Å². The molecule has 11 heteroatoms. The summed E-state index contributed by atoms with van der Waals surface area (Å²) >= 11 is 0. The van der Waals surface area contributed by atoms with Crippen LogP contribution in [0.1, 0.15) is 37.6 Å². The normalized spacial score (nSPS) is 17.1. The van der Waals surface area contributed by atoms with Gasteiger partial charge in [-0.1, -0.05) is 6.92 Å². The lowest BCUT2D eigenvalue weighted by atomic mass is 9.90. The number of carbonyl (C=O) groups is 1. The number of amides is 1. The molecule has 2 aromatic heterocycles. The van der Waals surface area contributed by atoms with E-state index in [9.17, 15) is 22.4 Å². The fourth-order valence-corrected chi connectivity index (χ4v) is 5.29. The number of nitrogens with one attached hydrogen (secondary N) is 2. The Balaban J connectivity index is 1.82. The van der Waals surface area contributed by atoms with Crippen LogP contribution in [0.3, 0.4) is 0 Å². The average Bonchev–Trinajstić information content (AvgIpc) is 3.10. The molecule has 0 spiro atoms. The number of halogens is 1. The van der Waals surface area contributed by atoms with Gasteiger partial charge in [0.25, 0.3) is 21.5 Å². The molecule has 0 bridgehead atoms. The van der Waals surface area contributed by atoms with Crippen molar-refractivity contribution in [2.75, 3.05) is 18.6 Å². The van der Waals surface area contributed by atoms with Crippen molar-refractivity contribution >= 4 is 21.7 Å². The van der Waals surface area contributed by atoms with Crippen LogP contribution in [-0.4, -0.2) is 43.5 Å². The maximum absolute atomic E-state index is 14.7. The van der Waals surface area contributed by atoms with E-state index in [0.29, 0.717) is 12.3 Å². The second-order valence-corrected chi connectivity index (χ2v) is 10.9. The Hall–Kier alpha value is -3.73. The number of anilines is 1. The molecular weight excluding hydrogens is 487 g/mol. The second kappa shape index (κ2) is 9.38. The van der Waals surface area contributed by atoms with Gasteiger partial charge in [0.1, 0.15) is 17.4 Å². The molecule has 190 valence electrons. The van der Waals surface area contributed by atoms with Gasteiger partial charge >= 0.3 is 0 Å². The molecule has 4 rings (SSSR count). The summed E-state index contributed by atoms with van der Waals surface area (Å²) in [6.07, 6.45) is 2.11. The first-order chi connectivity index (χ1) is 17.0. The van der Waals surface area contributed by atoms with Gasteiger partial charge < -0.3 is 14.6 Å². The molecule has 1 atom stereocenters. The quantitative estimate of drug-likeness (QED) is 0.518. The number of aromatic amines is 1.